The lowest BCUT2D eigenvalue weighted by Crippen LogP contribution is -2.60. The molecular weight excluding hydrogens is 372 g/mol. The van der Waals surface area contributed by atoms with Crippen molar-refractivity contribution in [3.8, 4) is 0 Å². The highest BCUT2D eigenvalue weighted by molar-refractivity contribution is 5.94. The van der Waals surface area contributed by atoms with Gasteiger partial charge in [0.25, 0.3) is 0 Å². The second-order valence-electron chi connectivity index (χ2n) is 7.27. The zero-order valence-corrected chi connectivity index (χ0v) is 16.8. The van der Waals surface area contributed by atoms with Crippen LogP contribution in [-0.4, -0.2) is 75.4 Å². The predicted molar refractivity (Wildman–Crippen MR) is 99.9 cm³/mol. The Balaban J connectivity index is 5.38. The Morgan fingerprint density at radius 2 is 1.25 bits per heavy atom. The van der Waals surface area contributed by atoms with E-state index in [1.54, 1.807) is 13.8 Å². The summed E-state index contributed by atoms with van der Waals surface area (Å²) in [5.41, 5.74) is 5.44. The molecular formula is C17H32N4O7. The average Bonchev–Trinajstić information content (AvgIpc) is 2.54. The monoisotopic (exact) mass is 404 g/mol. The lowest BCUT2D eigenvalue weighted by molar-refractivity contribution is -0.145. The zero-order chi connectivity index (χ0) is 22.2. The Labute approximate surface area is 164 Å². The number of aliphatic hydroxyl groups excluding tert-OH is 2. The Hall–Kier alpha value is -2.24. The van der Waals surface area contributed by atoms with Gasteiger partial charge in [0.1, 0.15) is 12.1 Å². The van der Waals surface area contributed by atoms with E-state index in [9.17, 15) is 29.4 Å². The molecule has 0 aromatic rings. The maximum absolute atomic E-state index is 12.5. The van der Waals surface area contributed by atoms with E-state index in [4.69, 9.17) is 10.8 Å². The van der Waals surface area contributed by atoms with E-state index in [0.717, 1.165) is 0 Å². The first-order valence-corrected chi connectivity index (χ1v) is 9.03. The highest BCUT2D eigenvalue weighted by Gasteiger charge is 2.33. The van der Waals surface area contributed by atoms with Crippen molar-refractivity contribution < 1.29 is 34.5 Å². The van der Waals surface area contributed by atoms with Gasteiger partial charge in [0.15, 0.2) is 6.04 Å². The Morgan fingerprint density at radius 3 is 1.61 bits per heavy atom. The molecule has 28 heavy (non-hydrogen) atoms. The van der Waals surface area contributed by atoms with Crippen LogP contribution in [0.2, 0.25) is 0 Å². The van der Waals surface area contributed by atoms with Crippen molar-refractivity contribution in [2.24, 2.45) is 11.7 Å². The molecule has 0 saturated heterocycles. The van der Waals surface area contributed by atoms with Crippen molar-refractivity contribution in [3.63, 3.8) is 0 Å². The van der Waals surface area contributed by atoms with Crippen molar-refractivity contribution >= 4 is 23.7 Å². The van der Waals surface area contributed by atoms with Gasteiger partial charge in [-0.2, -0.15) is 0 Å². The number of carboxylic acid groups (broad SMARTS) is 1. The minimum absolute atomic E-state index is 0.0467. The number of hydrogen-bond acceptors (Lipinski definition) is 7. The van der Waals surface area contributed by atoms with Crippen molar-refractivity contribution in [2.45, 2.75) is 77.4 Å². The molecule has 6 atom stereocenters. The van der Waals surface area contributed by atoms with E-state index in [1.165, 1.54) is 20.8 Å². The molecule has 0 saturated carbocycles. The highest BCUT2D eigenvalue weighted by Crippen LogP contribution is 2.07. The van der Waals surface area contributed by atoms with Crippen LogP contribution in [0.15, 0.2) is 0 Å². The molecule has 0 aliphatic carbocycles. The maximum atomic E-state index is 12.5. The second kappa shape index (κ2) is 11.6. The van der Waals surface area contributed by atoms with Crippen LogP contribution in [-0.2, 0) is 19.2 Å². The Kier molecular flexibility index (Phi) is 10.6. The second-order valence-corrected chi connectivity index (χ2v) is 7.27. The van der Waals surface area contributed by atoms with Crippen LogP contribution in [0.4, 0.5) is 0 Å². The first kappa shape index (κ1) is 25.8. The molecule has 0 fully saturated rings. The highest BCUT2D eigenvalue weighted by atomic mass is 16.4. The van der Waals surface area contributed by atoms with Gasteiger partial charge >= 0.3 is 5.97 Å². The van der Waals surface area contributed by atoms with Gasteiger partial charge in [-0.1, -0.05) is 13.8 Å². The number of carbonyl (C=O) groups excluding carboxylic acids is 3. The first-order valence-electron chi connectivity index (χ1n) is 9.03. The van der Waals surface area contributed by atoms with Crippen LogP contribution in [0.5, 0.6) is 0 Å². The summed E-state index contributed by atoms with van der Waals surface area (Å²) in [5, 5.41) is 35.3. The molecule has 11 nitrogen and oxygen atoms in total. The lowest BCUT2D eigenvalue weighted by atomic mass is 10.0. The first-order chi connectivity index (χ1) is 12.8. The number of rotatable bonds is 11. The fourth-order valence-electron chi connectivity index (χ4n) is 2.30. The summed E-state index contributed by atoms with van der Waals surface area (Å²) in [7, 11) is 0. The van der Waals surface area contributed by atoms with Crippen LogP contribution < -0.4 is 21.7 Å². The van der Waals surface area contributed by atoms with Crippen LogP contribution in [0, 0.1) is 5.92 Å². The maximum Gasteiger partial charge on any atom is 0.328 e. The van der Waals surface area contributed by atoms with Crippen molar-refractivity contribution in [3.05, 3.63) is 0 Å². The summed E-state index contributed by atoms with van der Waals surface area (Å²) < 4.78 is 0. The molecule has 162 valence electrons. The van der Waals surface area contributed by atoms with E-state index in [2.05, 4.69) is 16.0 Å². The molecule has 0 rings (SSSR count). The molecule has 8 N–H and O–H groups in total. The van der Waals surface area contributed by atoms with Gasteiger partial charge in [-0.15, -0.1) is 0 Å². The van der Waals surface area contributed by atoms with E-state index in [-0.39, 0.29) is 12.3 Å². The van der Waals surface area contributed by atoms with Gasteiger partial charge in [0, 0.05) is 0 Å². The molecule has 0 radical (unpaired) electrons. The number of amides is 3. The SMILES string of the molecule is CC(C)CC(NC(=O)C(NC(=O)C(C)N)C(C)O)C(=O)NC(C(=O)O)C(C)O. The third-order valence-electron chi connectivity index (χ3n) is 3.86. The van der Waals surface area contributed by atoms with Crippen molar-refractivity contribution in [1.29, 1.82) is 0 Å². The van der Waals surface area contributed by atoms with E-state index >= 15 is 0 Å². The predicted octanol–water partition coefficient (Wildman–Crippen LogP) is -2.32. The van der Waals surface area contributed by atoms with Crippen molar-refractivity contribution in [2.75, 3.05) is 0 Å². The summed E-state index contributed by atoms with van der Waals surface area (Å²) in [5.74, 6) is -3.77. The number of aliphatic carboxylic acids is 1. The zero-order valence-electron chi connectivity index (χ0n) is 16.8. The van der Waals surface area contributed by atoms with Gasteiger partial charge in [-0.05, 0) is 33.1 Å². The van der Waals surface area contributed by atoms with Gasteiger partial charge in [-0.3, -0.25) is 14.4 Å². The van der Waals surface area contributed by atoms with Gasteiger partial charge < -0.3 is 37.0 Å². The quantitative estimate of drug-likeness (QED) is 0.199. The Morgan fingerprint density at radius 1 is 0.786 bits per heavy atom. The molecule has 6 unspecified atom stereocenters. The molecule has 0 heterocycles. The summed E-state index contributed by atoms with van der Waals surface area (Å²) in [6.07, 6.45) is -2.46. The number of hydrogen-bond donors (Lipinski definition) is 7. The largest absolute Gasteiger partial charge is 0.480 e. The molecule has 0 aromatic carbocycles. The van der Waals surface area contributed by atoms with Gasteiger partial charge in [0.2, 0.25) is 17.7 Å². The molecule has 0 aliphatic rings. The van der Waals surface area contributed by atoms with Crippen molar-refractivity contribution in [1.82, 2.24) is 16.0 Å². The fraction of sp³-hybridized carbons (Fsp3) is 0.765. The number of carboxylic acids is 1. The summed E-state index contributed by atoms with van der Waals surface area (Å²) >= 11 is 0. The molecule has 11 heteroatoms. The summed E-state index contributed by atoms with van der Waals surface area (Å²) in [6, 6.07) is -4.95. The third kappa shape index (κ3) is 8.63. The topological polar surface area (TPSA) is 191 Å². The fourth-order valence-corrected chi connectivity index (χ4v) is 2.30. The Bertz CT molecular complexity index is 564. The summed E-state index contributed by atoms with van der Waals surface area (Å²) in [4.78, 5) is 47.9. The van der Waals surface area contributed by atoms with Crippen LogP contribution >= 0.6 is 0 Å². The number of aliphatic hydroxyl groups is 2. The molecule has 0 aliphatic heterocycles. The minimum Gasteiger partial charge on any atom is -0.480 e. The van der Waals surface area contributed by atoms with Crippen LogP contribution in [0.3, 0.4) is 0 Å². The van der Waals surface area contributed by atoms with E-state index in [1.807, 2.05) is 0 Å². The summed E-state index contributed by atoms with van der Waals surface area (Å²) in [6.45, 7) is 7.49. The lowest BCUT2D eigenvalue weighted by Gasteiger charge is -2.27. The van der Waals surface area contributed by atoms with Crippen LogP contribution in [0.1, 0.15) is 41.0 Å². The molecule has 0 spiro atoms. The molecule has 3 amide bonds. The smallest absolute Gasteiger partial charge is 0.328 e. The van der Waals surface area contributed by atoms with Gasteiger partial charge in [0.05, 0.1) is 18.2 Å². The number of nitrogens with one attached hydrogen (secondary N) is 3. The minimum atomic E-state index is -1.55. The van der Waals surface area contributed by atoms with Gasteiger partial charge in [-0.25, -0.2) is 4.79 Å². The average molecular weight is 404 g/mol. The van der Waals surface area contributed by atoms with E-state index in [0.29, 0.717) is 0 Å². The third-order valence-corrected chi connectivity index (χ3v) is 3.86. The normalized spacial score (nSPS) is 17.6. The van der Waals surface area contributed by atoms with Crippen LogP contribution in [0.25, 0.3) is 0 Å². The standard InChI is InChI=1S/C17H32N4O7/c1-7(2)6-11(15(25)21-13(10(5)23)17(27)28)19-16(26)12(9(4)22)20-14(24)8(3)18/h7-13,22-23H,6,18H2,1-5H3,(H,19,26)(H,20,24)(H,21,25)(H,27,28). The number of carbonyl (C=O) groups is 4. The molecule has 0 bridgehead atoms. The van der Waals surface area contributed by atoms with E-state index < -0.39 is 60.1 Å². The molecule has 0 aromatic heterocycles. The number of nitrogens with two attached hydrogens (primary N) is 1.